The summed E-state index contributed by atoms with van der Waals surface area (Å²) in [5.74, 6) is -0.121. The molecule has 0 bridgehead atoms. The Bertz CT molecular complexity index is 146. The van der Waals surface area contributed by atoms with E-state index >= 15 is 0 Å². The van der Waals surface area contributed by atoms with Crippen LogP contribution in [0.2, 0.25) is 0 Å². The van der Waals surface area contributed by atoms with E-state index in [1.54, 1.807) is 0 Å². The Balaban J connectivity index is 3.06. The van der Waals surface area contributed by atoms with Crippen molar-refractivity contribution in [3.8, 4) is 0 Å². The molecule has 0 amide bonds. The molecule has 0 aromatic rings. The van der Waals surface area contributed by atoms with Gasteiger partial charge in [-0.05, 0) is 6.42 Å². The van der Waals surface area contributed by atoms with E-state index in [-0.39, 0.29) is 12.5 Å². The zero-order chi connectivity index (χ0) is 12.1. The summed E-state index contributed by atoms with van der Waals surface area (Å²) < 4.78 is 0. The fraction of sp³-hybridized carbons (Fsp3) is 0.929. The van der Waals surface area contributed by atoms with E-state index in [4.69, 9.17) is 5.11 Å². The highest BCUT2D eigenvalue weighted by Gasteiger charge is 2.04. The predicted octanol–water partition coefficient (Wildman–Crippen LogP) is 3.71. The first-order chi connectivity index (χ1) is 7.85. The van der Waals surface area contributed by atoms with Crippen molar-refractivity contribution in [3.63, 3.8) is 0 Å². The number of hydrogen-bond donors (Lipinski definition) is 1. The number of aliphatic hydroxyl groups is 1. The summed E-state index contributed by atoms with van der Waals surface area (Å²) in [5.41, 5.74) is 0. The molecule has 0 heterocycles. The molecule has 0 aromatic heterocycles. The number of aldehydes is 1. The molecule has 2 nitrogen and oxygen atoms in total. The lowest BCUT2D eigenvalue weighted by atomic mass is 10.0. The molecule has 0 aliphatic carbocycles. The quantitative estimate of drug-likeness (QED) is 0.408. The van der Waals surface area contributed by atoms with Gasteiger partial charge in [0, 0.05) is 5.92 Å². The highest BCUT2D eigenvalue weighted by atomic mass is 16.3. The van der Waals surface area contributed by atoms with E-state index in [1.165, 1.54) is 51.4 Å². The molecule has 0 fully saturated rings. The molecule has 16 heavy (non-hydrogen) atoms. The standard InChI is InChI=1S/C14H28O2/c1-2-3-4-5-6-7-8-9-10-11-14(12-15)13-16/h12,14,16H,2-11,13H2,1H3. The van der Waals surface area contributed by atoms with Gasteiger partial charge in [-0.3, -0.25) is 0 Å². The topological polar surface area (TPSA) is 37.3 Å². The van der Waals surface area contributed by atoms with E-state index in [2.05, 4.69) is 6.92 Å². The third kappa shape index (κ3) is 10.2. The van der Waals surface area contributed by atoms with Gasteiger partial charge in [-0.2, -0.15) is 0 Å². The fourth-order valence-electron chi connectivity index (χ4n) is 1.92. The molecule has 1 N–H and O–H groups in total. The van der Waals surface area contributed by atoms with Crippen molar-refractivity contribution in [2.75, 3.05) is 6.61 Å². The van der Waals surface area contributed by atoms with Crippen molar-refractivity contribution >= 4 is 6.29 Å². The summed E-state index contributed by atoms with van der Waals surface area (Å²) in [5, 5.41) is 8.82. The minimum atomic E-state index is -0.121. The van der Waals surface area contributed by atoms with Gasteiger partial charge in [-0.1, -0.05) is 64.7 Å². The molecule has 1 atom stereocenters. The lowest BCUT2D eigenvalue weighted by molar-refractivity contribution is -0.112. The maximum absolute atomic E-state index is 10.4. The molecule has 0 aliphatic heterocycles. The molecule has 1 unspecified atom stereocenters. The Kier molecular flexibility index (Phi) is 12.4. The van der Waals surface area contributed by atoms with Crippen molar-refractivity contribution in [2.24, 2.45) is 5.92 Å². The van der Waals surface area contributed by atoms with Gasteiger partial charge in [0.1, 0.15) is 6.29 Å². The largest absolute Gasteiger partial charge is 0.396 e. The van der Waals surface area contributed by atoms with Crippen LogP contribution in [0.4, 0.5) is 0 Å². The Morgan fingerprint density at radius 2 is 1.44 bits per heavy atom. The van der Waals surface area contributed by atoms with E-state index < -0.39 is 0 Å². The SMILES string of the molecule is CCCCCCCCCCCC(C=O)CO. The third-order valence-electron chi connectivity index (χ3n) is 3.11. The van der Waals surface area contributed by atoms with Crippen LogP contribution >= 0.6 is 0 Å². The van der Waals surface area contributed by atoms with E-state index in [0.29, 0.717) is 0 Å². The number of hydrogen-bond acceptors (Lipinski definition) is 2. The maximum Gasteiger partial charge on any atom is 0.125 e. The summed E-state index contributed by atoms with van der Waals surface area (Å²) in [7, 11) is 0. The number of aliphatic hydroxyl groups excluding tert-OH is 1. The van der Waals surface area contributed by atoms with E-state index in [9.17, 15) is 4.79 Å². The van der Waals surface area contributed by atoms with Crippen LogP contribution in [0.25, 0.3) is 0 Å². The normalized spacial score (nSPS) is 12.6. The molecule has 0 saturated heterocycles. The van der Waals surface area contributed by atoms with Gasteiger partial charge in [0.25, 0.3) is 0 Å². The predicted molar refractivity (Wildman–Crippen MR) is 68.5 cm³/mol. The van der Waals surface area contributed by atoms with E-state index in [0.717, 1.165) is 19.1 Å². The molecule has 2 heteroatoms. The molecular formula is C14H28O2. The molecule has 96 valence electrons. The summed E-state index contributed by atoms with van der Waals surface area (Å²) in [4.78, 5) is 10.4. The minimum Gasteiger partial charge on any atom is -0.396 e. The second-order valence-electron chi connectivity index (χ2n) is 4.70. The van der Waals surface area contributed by atoms with Crippen LogP contribution < -0.4 is 0 Å². The maximum atomic E-state index is 10.4. The number of carbonyl (C=O) groups is 1. The Hall–Kier alpha value is -0.370. The van der Waals surface area contributed by atoms with Crippen molar-refractivity contribution in [2.45, 2.75) is 71.1 Å². The zero-order valence-corrected chi connectivity index (χ0v) is 10.8. The lowest BCUT2D eigenvalue weighted by Gasteiger charge is -2.05. The van der Waals surface area contributed by atoms with Gasteiger partial charge in [0.15, 0.2) is 0 Å². The summed E-state index contributed by atoms with van der Waals surface area (Å²) >= 11 is 0. The monoisotopic (exact) mass is 228 g/mol. The molecule has 0 rings (SSSR count). The van der Waals surface area contributed by atoms with Gasteiger partial charge in [0.05, 0.1) is 6.61 Å². The number of rotatable bonds is 12. The van der Waals surface area contributed by atoms with Crippen molar-refractivity contribution in [1.82, 2.24) is 0 Å². The number of carbonyl (C=O) groups excluding carboxylic acids is 1. The highest BCUT2D eigenvalue weighted by Crippen LogP contribution is 2.12. The molecule has 0 spiro atoms. The number of unbranched alkanes of at least 4 members (excludes halogenated alkanes) is 8. The fourth-order valence-corrected chi connectivity index (χ4v) is 1.92. The van der Waals surface area contributed by atoms with Crippen LogP contribution in [0.15, 0.2) is 0 Å². The zero-order valence-electron chi connectivity index (χ0n) is 10.8. The highest BCUT2D eigenvalue weighted by molar-refractivity contribution is 5.53. The average Bonchev–Trinajstić information content (AvgIpc) is 2.32. The van der Waals surface area contributed by atoms with Gasteiger partial charge in [-0.15, -0.1) is 0 Å². The van der Waals surface area contributed by atoms with Crippen molar-refractivity contribution < 1.29 is 9.90 Å². The van der Waals surface area contributed by atoms with Crippen LogP contribution in [0, 0.1) is 5.92 Å². The van der Waals surface area contributed by atoms with Crippen LogP contribution in [0.3, 0.4) is 0 Å². The summed E-state index contributed by atoms with van der Waals surface area (Å²) in [6.07, 6.45) is 13.4. The molecular weight excluding hydrogens is 200 g/mol. The second-order valence-corrected chi connectivity index (χ2v) is 4.70. The van der Waals surface area contributed by atoms with Gasteiger partial charge in [-0.25, -0.2) is 0 Å². The minimum absolute atomic E-state index is 0.0144. The average molecular weight is 228 g/mol. The van der Waals surface area contributed by atoms with Crippen LogP contribution in [0.1, 0.15) is 71.1 Å². The molecule has 0 aromatic carbocycles. The second kappa shape index (κ2) is 12.7. The smallest absolute Gasteiger partial charge is 0.125 e. The van der Waals surface area contributed by atoms with Crippen LogP contribution in [-0.2, 0) is 4.79 Å². The van der Waals surface area contributed by atoms with E-state index in [1.807, 2.05) is 0 Å². The first-order valence-electron chi connectivity index (χ1n) is 6.91. The lowest BCUT2D eigenvalue weighted by Crippen LogP contribution is -2.06. The summed E-state index contributed by atoms with van der Waals surface area (Å²) in [6.45, 7) is 2.26. The van der Waals surface area contributed by atoms with Gasteiger partial charge < -0.3 is 9.90 Å². The Labute approximate surface area is 100 Å². The van der Waals surface area contributed by atoms with Crippen LogP contribution in [-0.4, -0.2) is 18.0 Å². The molecule has 0 aliphatic rings. The molecule has 0 saturated carbocycles. The van der Waals surface area contributed by atoms with Gasteiger partial charge in [0.2, 0.25) is 0 Å². The van der Waals surface area contributed by atoms with Gasteiger partial charge >= 0.3 is 0 Å². The third-order valence-corrected chi connectivity index (χ3v) is 3.11. The Morgan fingerprint density at radius 1 is 0.938 bits per heavy atom. The first kappa shape index (κ1) is 15.6. The first-order valence-corrected chi connectivity index (χ1v) is 6.91. The van der Waals surface area contributed by atoms with Crippen LogP contribution in [0.5, 0.6) is 0 Å². The van der Waals surface area contributed by atoms with Crippen molar-refractivity contribution in [3.05, 3.63) is 0 Å². The molecule has 0 radical (unpaired) electrons. The van der Waals surface area contributed by atoms with Crippen molar-refractivity contribution in [1.29, 1.82) is 0 Å². The summed E-state index contributed by atoms with van der Waals surface area (Å²) in [6, 6.07) is 0. The Morgan fingerprint density at radius 3 is 1.88 bits per heavy atom.